The van der Waals surface area contributed by atoms with Crippen LogP contribution in [0.15, 0.2) is 29.3 Å². The van der Waals surface area contributed by atoms with Crippen LogP contribution in [0.25, 0.3) is 10.2 Å². The topological polar surface area (TPSA) is 84.2 Å². The van der Waals surface area contributed by atoms with Crippen molar-refractivity contribution in [3.8, 4) is 5.75 Å². The van der Waals surface area contributed by atoms with Gasteiger partial charge in [0, 0.05) is 7.05 Å². The molecule has 0 radical (unpaired) electrons. The predicted octanol–water partition coefficient (Wildman–Crippen LogP) is 2.57. The van der Waals surface area contributed by atoms with Gasteiger partial charge in [0.25, 0.3) is 11.5 Å². The number of aromatic nitrogens is 2. The van der Waals surface area contributed by atoms with Crippen molar-refractivity contribution in [1.29, 1.82) is 0 Å². The van der Waals surface area contributed by atoms with Gasteiger partial charge in [0.2, 0.25) is 0 Å². The van der Waals surface area contributed by atoms with Crippen molar-refractivity contribution in [3.05, 3.63) is 50.9 Å². The highest BCUT2D eigenvalue weighted by Gasteiger charge is 2.19. The maximum absolute atomic E-state index is 12.5. The number of aryl methyl sites for hydroxylation is 3. The lowest BCUT2D eigenvalue weighted by Crippen LogP contribution is -2.17. The lowest BCUT2D eigenvalue weighted by atomic mass is 10.2. The summed E-state index contributed by atoms with van der Waals surface area (Å²) in [4.78, 5) is 29.8. The highest BCUT2D eigenvalue weighted by Crippen LogP contribution is 2.29. The van der Waals surface area contributed by atoms with Crippen LogP contribution >= 0.6 is 11.3 Å². The summed E-state index contributed by atoms with van der Waals surface area (Å²) in [7, 11) is 1.62. The van der Waals surface area contributed by atoms with E-state index in [1.54, 1.807) is 32.2 Å². The number of anilines is 1. The molecular weight excluding hydrogens is 314 g/mol. The van der Waals surface area contributed by atoms with Crippen molar-refractivity contribution in [3.63, 3.8) is 0 Å². The third kappa shape index (κ3) is 2.59. The zero-order valence-electron chi connectivity index (χ0n) is 12.9. The first-order chi connectivity index (χ1) is 10.9. The highest BCUT2D eigenvalue weighted by atomic mass is 32.1. The van der Waals surface area contributed by atoms with E-state index in [-0.39, 0.29) is 17.2 Å². The molecule has 0 fully saturated rings. The molecule has 0 bridgehead atoms. The van der Waals surface area contributed by atoms with Crippen LogP contribution in [-0.4, -0.2) is 20.6 Å². The number of phenols is 1. The van der Waals surface area contributed by atoms with Gasteiger partial charge in [-0.2, -0.15) is 0 Å². The first kappa shape index (κ1) is 15.2. The van der Waals surface area contributed by atoms with E-state index in [2.05, 4.69) is 10.3 Å². The number of carbonyl (C=O) groups excluding carboxylic acids is 1. The van der Waals surface area contributed by atoms with Gasteiger partial charge in [-0.15, -0.1) is 11.3 Å². The Hall–Kier alpha value is -2.67. The van der Waals surface area contributed by atoms with Gasteiger partial charge in [-0.3, -0.25) is 9.59 Å². The van der Waals surface area contributed by atoms with Crippen LogP contribution in [-0.2, 0) is 7.05 Å². The quantitative estimate of drug-likeness (QED) is 0.708. The molecule has 0 spiro atoms. The molecule has 7 heteroatoms. The molecule has 23 heavy (non-hydrogen) atoms. The summed E-state index contributed by atoms with van der Waals surface area (Å²) in [5, 5.41) is 13.0. The number of thiophene rings is 1. The van der Waals surface area contributed by atoms with Crippen molar-refractivity contribution in [2.24, 2.45) is 7.05 Å². The van der Waals surface area contributed by atoms with Gasteiger partial charge in [-0.05, 0) is 37.1 Å². The van der Waals surface area contributed by atoms with E-state index in [4.69, 9.17) is 0 Å². The minimum Gasteiger partial charge on any atom is -0.506 e. The predicted molar refractivity (Wildman–Crippen MR) is 90.4 cm³/mol. The van der Waals surface area contributed by atoms with Crippen LogP contribution in [0.1, 0.15) is 20.8 Å². The highest BCUT2D eigenvalue weighted by molar-refractivity contribution is 7.20. The van der Waals surface area contributed by atoms with E-state index in [0.717, 1.165) is 5.56 Å². The summed E-state index contributed by atoms with van der Waals surface area (Å²) in [6.07, 6.45) is 1.44. The SMILES string of the molecule is Cc1ccc(NC(=O)c2sc3ncn(C)c(=O)c3c2C)c(O)c1. The normalized spacial score (nSPS) is 10.9. The molecule has 1 amide bonds. The van der Waals surface area contributed by atoms with Crippen LogP contribution in [0.2, 0.25) is 0 Å². The molecular formula is C16H15N3O3S. The fraction of sp³-hybridized carbons (Fsp3) is 0.188. The zero-order chi connectivity index (χ0) is 16.7. The van der Waals surface area contributed by atoms with Gasteiger partial charge < -0.3 is 15.0 Å². The standard InChI is InChI=1S/C16H15N3O3S/c1-8-4-5-10(11(20)6-8)18-14(21)13-9(2)12-15(23-13)17-7-19(3)16(12)22/h4-7,20H,1-3H3,(H,18,21). The minimum absolute atomic E-state index is 0.00570. The van der Waals surface area contributed by atoms with E-state index in [0.29, 0.717) is 26.3 Å². The number of fused-ring (bicyclic) bond motifs is 1. The Morgan fingerprint density at radius 1 is 1.35 bits per heavy atom. The molecule has 3 aromatic rings. The maximum atomic E-state index is 12.5. The number of hydrogen-bond donors (Lipinski definition) is 2. The molecule has 2 N–H and O–H groups in total. The average Bonchev–Trinajstić information content (AvgIpc) is 2.84. The van der Waals surface area contributed by atoms with E-state index in [1.807, 2.05) is 6.92 Å². The molecule has 0 saturated carbocycles. The number of carbonyl (C=O) groups is 1. The van der Waals surface area contributed by atoms with E-state index >= 15 is 0 Å². The smallest absolute Gasteiger partial charge is 0.266 e. The third-order valence-corrected chi connectivity index (χ3v) is 4.82. The molecule has 3 rings (SSSR count). The Labute approximate surface area is 136 Å². The van der Waals surface area contributed by atoms with Crippen molar-refractivity contribution in [2.75, 3.05) is 5.32 Å². The third-order valence-electron chi connectivity index (χ3n) is 3.62. The second-order valence-corrected chi connectivity index (χ2v) is 6.37. The van der Waals surface area contributed by atoms with Crippen LogP contribution in [0.3, 0.4) is 0 Å². The summed E-state index contributed by atoms with van der Waals surface area (Å²) in [5.41, 5.74) is 1.65. The monoisotopic (exact) mass is 329 g/mol. The van der Waals surface area contributed by atoms with Crippen molar-refractivity contribution < 1.29 is 9.90 Å². The van der Waals surface area contributed by atoms with Gasteiger partial charge in [-0.25, -0.2) is 4.98 Å². The molecule has 2 heterocycles. The molecule has 0 unspecified atom stereocenters. The van der Waals surface area contributed by atoms with Crippen molar-refractivity contribution in [2.45, 2.75) is 13.8 Å². The number of amides is 1. The van der Waals surface area contributed by atoms with Crippen LogP contribution in [0.4, 0.5) is 5.69 Å². The Kier molecular flexibility index (Phi) is 3.65. The molecule has 118 valence electrons. The zero-order valence-corrected chi connectivity index (χ0v) is 13.7. The van der Waals surface area contributed by atoms with Gasteiger partial charge in [-0.1, -0.05) is 6.07 Å². The summed E-state index contributed by atoms with van der Waals surface area (Å²) in [5.74, 6) is -0.363. The fourth-order valence-corrected chi connectivity index (χ4v) is 3.39. The number of hydrogen-bond acceptors (Lipinski definition) is 5. The van der Waals surface area contributed by atoms with Gasteiger partial charge in [0.15, 0.2) is 0 Å². The van der Waals surface area contributed by atoms with Crippen LogP contribution < -0.4 is 10.9 Å². The number of benzene rings is 1. The van der Waals surface area contributed by atoms with E-state index < -0.39 is 0 Å². The lowest BCUT2D eigenvalue weighted by Gasteiger charge is -2.07. The molecule has 2 aromatic heterocycles. The number of nitrogens with zero attached hydrogens (tertiary/aromatic N) is 2. The van der Waals surface area contributed by atoms with Crippen LogP contribution in [0, 0.1) is 13.8 Å². The second-order valence-electron chi connectivity index (χ2n) is 5.37. The van der Waals surface area contributed by atoms with Crippen molar-refractivity contribution >= 4 is 33.1 Å². The van der Waals surface area contributed by atoms with Gasteiger partial charge in [0.05, 0.1) is 22.3 Å². The number of nitrogens with one attached hydrogen (secondary N) is 1. The number of aromatic hydroxyl groups is 1. The summed E-state index contributed by atoms with van der Waals surface area (Å²) in [6, 6.07) is 5.01. The molecule has 0 aliphatic rings. The van der Waals surface area contributed by atoms with Gasteiger partial charge in [0.1, 0.15) is 10.6 Å². The van der Waals surface area contributed by atoms with Crippen molar-refractivity contribution in [1.82, 2.24) is 9.55 Å². The summed E-state index contributed by atoms with van der Waals surface area (Å²) < 4.78 is 1.38. The van der Waals surface area contributed by atoms with E-state index in [1.165, 1.54) is 22.2 Å². The minimum atomic E-state index is -0.369. The number of phenolic OH excluding ortho intramolecular Hbond substituents is 1. The maximum Gasteiger partial charge on any atom is 0.266 e. The molecule has 0 atom stereocenters. The van der Waals surface area contributed by atoms with Crippen LogP contribution in [0.5, 0.6) is 5.75 Å². The average molecular weight is 329 g/mol. The molecule has 0 aliphatic carbocycles. The Morgan fingerprint density at radius 2 is 2.09 bits per heavy atom. The number of rotatable bonds is 2. The van der Waals surface area contributed by atoms with Gasteiger partial charge >= 0.3 is 0 Å². The Bertz CT molecular complexity index is 988. The first-order valence-corrected chi connectivity index (χ1v) is 7.76. The fourth-order valence-electron chi connectivity index (χ4n) is 2.35. The second kappa shape index (κ2) is 5.51. The molecule has 0 aliphatic heterocycles. The van der Waals surface area contributed by atoms with E-state index in [9.17, 15) is 14.7 Å². The summed E-state index contributed by atoms with van der Waals surface area (Å²) >= 11 is 1.17. The molecule has 1 aromatic carbocycles. The Balaban J connectivity index is 2.03. The summed E-state index contributed by atoms with van der Waals surface area (Å²) in [6.45, 7) is 3.58. The molecule has 0 saturated heterocycles. The lowest BCUT2D eigenvalue weighted by molar-refractivity contribution is 0.102. The Morgan fingerprint density at radius 3 is 2.78 bits per heavy atom. The first-order valence-electron chi connectivity index (χ1n) is 6.94. The molecule has 6 nitrogen and oxygen atoms in total. The largest absolute Gasteiger partial charge is 0.506 e.